The first-order valence-corrected chi connectivity index (χ1v) is 8.39. The third-order valence-electron chi connectivity index (χ3n) is 4.54. The molecule has 2 amide bonds. The van der Waals surface area contributed by atoms with Crippen LogP contribution >= 0.6 is 0 Å². The fourth-order valence-electron chi connectivity index (χ4n) is 3.26. The minimum absolute atomic E-state index is 0.0563. The number of aliphatic hydroxyl groups excluding tert-OH is 1. The second-order valence-electron chi connectivity index (χ2n) is 6.27. The molecule has 1 aliphatic rings. The molecule has 5 nitrogen and oxygen atoms in total. The van der Waals surface area contributed by atoms with Crippen LogP contribution < -0.4 is 10.1 Å². The van der Waals surface area contributed by atoms with Crippen LogP contribution in [0.15, 0.2) is 18.2 Å². The fraction of sp³-hybridized carbons (Fsp3) is 0.611. The van der Waals surface area contributed by atoms with Crippen LogP contribution in [0.1, 0.15) is 49.8 Å². The molecule has 0 aromatic heterocycles. The number of hydrogen-bond acceptors (Lipinski definition) is 3. The van der Waals surface area contributed by atoms with Gasteiger partial charge in [-0.3, -0.25) is 0 Å². The van der Waals surface area contributed by atoms with E-state index in [1.807, 2.05) is 36.9 Å². The number of ether oxygens (including phenoxy) is 1. The smallest absolute Gasteiger partial charge is 0.318 e. The molecule has 1 fully saturated rings. The SMILES string of the molecule is COc1ccc(C)cc1C(C)NC(=O)N1CCCCC1CCO. The Morgan fingerprint density at radius 2 is 2.26 bits per heavy atom. The van der Waals surface area contributed by atoms with E-state index in [-0.39, 0.29) is 24.7 Å². The van der Waals surface area contributed by atoms with E-state index in [0.29, 0.717) is 6.42 Å². The molecule has 1 heterocycles. The molecule has 1 aliphatic heterocycles. The van der Waals surface area contributed by atoms with Crippen LogP contribution in [0, 0.1) is 6.92 Å². The van der Waals surface area contributed by atoms with Crippen molar-refractivity contribution in [2.24, 2.45) is 0 Å². The first-order valence-electron chi connectivity index (χ1n) is 8.39. The molecular formula is C18H28N2O3. The molecule has 1 aromatic rings. The largest absolute Gasteiger partial charge is 0.496 e. The zero-order valence-electron chi connectivity index (χ0n) is 14.3. The maximum absolute atomic E-state index is 12.6. The zero-order chi connectivity index (χ0) is 16.8. The maximum atomic E-state index is 12.6. The zero-order valence-corrected chi connectivity index (χ0v) is 14.3. The van der Waals surface area contributed by atoms with Crippen LogP contribution in [-0.4, -0.2) is 42.3 Å². The van der Waals surface area contributed by atoms with Crippen molar-refractivity contribution in [2.75, 3.05) is 20.3 Å². The van der Waals surface area contributed by atoms with E-state index in [9.17, 15) is 9.90 Å². The fourth-order valence-corrected chi connectivity index (χ4v) is 3.26. The lowest BCUT2D eigenvalue weighted by Gasteiger charge is -2.36. The van der Waals surface area contributed by atoms with Gasteiger partial charge in [0, 0.05) is 24.8 Å². The molecular weight excluding hydrogens is 292 g/mol. The van der Waals surface area contributed by atoms with Crippen LogP contribution in [0.5, 0.6) is 5.75 Å². The predicted molar refractivity (Wildman–Crippen MR) is 90.7 cm³/mol. The number of rotatable bonds is 5. The summed E-state index contributed by atoms with van der Waals surface area (Å²) in [5, 5.41) is 12.3. The Kier molecular flexibility index (Phi) is 6.28. The molecule has 5 heteroatoms. The average molecular weight is 320 g/mol. The number of hydrogen-bond donors (Lipinski definition) is 2. The number of amides is 2. The summed E-state index contributed by atoms with van der Waals surface area (Å²) in [5.74, 6) is 0.786. The highest BCUT2D eigenvalue weighted by molar-refractivity contribution is 5.75. The highest BCUT2D eigenvalue weighted by Gasteiger charge is 2.27. The molecule has 2 rings (SSSR count). The number of nitrogens with one attached hydrogen (secondary N) is 1. The lowest BCUT2D eigenvalue weighted by Crippen LogP contribution is -2.49. The number of aryl methyl sites for hydroxylation is 1. The lowest BCUT2D eigenvalue weighted by molar-refractivity contribution is 0.130. The van der Waals surface area contributed by atoms with E-state index in [0.717, 1.165) is 42.7 Å². The second-order valence-corrected chi connectivity index (χ2v) is 6.27. The third-order valence-corrected chi connectivity index (χ3v) is 4.54. The Bertz CT molecular complexity index is 531. The molecule has 0 saturated carbocycles. The van der Waals surface area contributed by atoms with Gasteiger partial charge in [0.2, 0.25) is 0 Å². The molecule has 2 atom stereocenters. The van der Waals surface area contributed by atoms with Gasteiger partial charge in [0.25, 0.3) is 0 Å². The molecule has 128 valence electrons. The van der Waals surface area contributed by atoms with E-state index >= 15 is 0 Å². The first-order chi connectivity index (χ1) is 11.1. The van der Waals surface area contributed by atoms with Crippen molar-refractivity contribution in [1.82, 2.24) is 10.2 Å². The van der Waals surface area contributed by atoms with Crippen molar-refractivity contribution in [3.63, 3.8) is 0 Å². The topological polar surface area (TPSA) is 61.8 Å². The number of carbonyl (C=O) groups is 1. The number of piperidine rings is 1. The first kappa shape index (κ1) is 17.6. The normalized spacial score (nSPS) is 19.3. The van der Waals surface area contributed by atoms with Gasteiger partial charge in [0.05, 0.1) is 13.2 Å². The summed E-state index contributed by atoms with van der Waals surface area (Å²) >= 11 is 0. The molecule has 0 bridgehead atoms. The molecule has 0 spiro atoms. The van der Waals surface area contributed by atoms with E-state index in [4.69, 9.17) is 4.74 Å². The van der Waals surface area contributed by atoms with Crippen LogP contribution in [0.2, 0.25) is 0 Å². The summed E-state index contributed by atoms with van der Waals surface area (Å²) in [6, 6.07) is 5.93. The van der Waals surface area contributed by atoms with Crippen molar-refractivity contribution in [3.05, 3.63) is 29.3 Å². The van der Waals surface area contributed by atoms with Gasteiger partial charge in [0.15, 0.2) is 0 Å². The number of carbonyl (C=O) groups excluding carboxylic acids is 1. The van der Waals surface area contributed by atoms with Gasteiger partial charge in [-0.2, -0.15) is 0 Å². The summed E-state index contributed by atoms with van der Waals surface area (Å²) in [6.45, 7) is 4.88. The average Bonchev–Trinajstić information content (AvgIpc) is 2.55. The minimum atomic E-state index is -0.131. The molecule has 2 N–H and O–H groups in total. The van der Waals surface area contributed by atoms with Crippen molar-refractivity contribution in [3.8, 4) is 5.75 Å². The van der Waals surface area contributed by atoms with Gasteiger partial charge in [0.1, 0.15) is 5.75 Å². The number of urea groups is 1. The summed E-state index contributed by atoms with van der Waals surface area (Å²) in [5.41, 5.74) is 2.12. The third kappa shape index (κ3) is 4.38. The summed E-state index contributed by atoms with van der Waals surface area (Å²) in [4.78, 5) is 14.5. The summed E-state index contributed by atoms with van der Waals surface area (Å²) < 4.78 is 5.41. The molecule has 1 aromatic carbocycles. The number of aliphatic hydroxyl groups is 1. The highest BCUT2D eigenvalue weighted by atomic mass is 16.5. The Morgan fingerprint density at radius 1 is 1.48 bits per heavy atom. The van der Waals surface area contributed by atoms with E-state index < -0.39 is 0 Å². The Morgan fingerprint density at radius 3 is 2.96 bits per heavy atom. The lowest BCUT2D eigenvalue weighted by atomic mass is 10.00. The maximum Gasteiger partial charge on any atom is 0.318 e. The van der Waals surface area contributed by atoms with Gasteiger partial charge >= 0.3 is 6.03 Å². The van der Waals surface area contributed by atoms with Crippen molar-refractivity contribution in [1.29, 1.82) is 0 Å². The van der Waals surface area contributed by atoms with E-state index in [2.05, 4.69) is 5.32 Å². The Balaban J connectivity index is 2.08. The quantitative estimate of drug-likeness (QED) is 0.876. The summed E-state index contributed by atoms with van der Waals surface area (Å²) in [6.07, 6.45) is 3.76. The molecule has 0 aliphatic carbocycles. The van der Waals surface area contributed by atoms with Crippen LogP contribution in [0.3, 0.4) is 0 Å². The number of nitrogens with zero attached hydrogens (tertiary/aromatic N) is 1. The van der Waals surface area contributed by atoms with Gasteiger partial charge < -0.3 is 20.1 Å². The standard InChI is InChI=1S/C18H28N2O3/c1-13-7-8-17(23-3)16(12-13)14(2)19-18(22)20-10-5-4-6-15(20)9-11-21/h7-8,12,14-15,21H,4-6,9-11H2,1-3H3,(H,19,22). The van der Waals surface area contributed by atoms with Gasteiger partial charge in [-0.1, -0.05) is 17.7 Å². The molecule has 1 saturated heterocycles. The van der Waals surface area contributed by atoms with E-state index in [1.165, 1.54) is 0 Å². The number of methoxy groups -OCH3 is 1. The van der Waals surface area contributed by atoms with Crippen LogP contribution in [0.4, 0.5) is 4.79 Å². The second kappa shape index (κ2) is 8.20. The number of benzene rings is 1. The minimum Gasteiger partial charge on any atom is -0.496 e. The molecule has 0 radical (unpaired) electrons. The monoisotopic (exact) mass is 320 g/mol. The van der Waals surface area contributed by atoms with Gasteiger partial charge in [-0.25, -0.2) is 4.79 Å². The predicted octanol–water partition coefficient (Wildman–Crippen LogP) is 3.01. The van der Waals surface area contributed by atoms with Crippen molar-refractivity contribution in [2.45, 2.75) is 51.6 Å². The number of likely N-dealkylation sites (tertiary alicyclic amines) is 1. The molecule has 23 heavy (non-hydrogen) atoms. The van der Waals surface area contributed by atoms with Gasteiger partial charge in [-0.15, -0.1) is 0 Å². The Hall–Kier alpha value is -1.75. The van der Waals surface area contributed by atoms with Crippen molar-refractivity contribution >= 4 is 6.03 Å². The Labute approximate surface area is 138 Å². The van der Waals surface area contributed by atoms with E-state index in [1.54, 1.807) is 7.11 Å². The van der Waals surface area contributed by atoms with Crippen LogP contribution in [-0.2, 0) is 0 Å². The van der Waals surface area contributed by atoms with Crippen LogP contribution in [0.25, 0.3) is 0 Å². The highest BCUT2D eigenvalue weighted by Crippen LogP contribution is 2.27. The van der Waals surface area contributed by atoms with Crippen molar-refractivity contribution < 1.29 is 14.6 Å². The molecule has 2 unspecified atom stereocenters. The summed E-state index contributed by atoms with van der Waals surface area (Å²) in [7, 11) is 1.64. The van der Waals surface area contributed by atoms with Gasteiger partial charge in [-0.05, 0) is 45.6 Å².